The van der Waals surface area contributed by atoms with Crippen molar-refractivity contribution >= 4 is 5.78 Å². The molecule has 0 bridgehead atoms. The van der Waals surface area contributed by atoms with Gasteiger partial charge in [-0.2, -0.15) is 0 Å². The predicted octanol–water partition coefficient (Wildman–Crippen LogP) is 2.26. The number of benzene rings is 1. The van der Waals surface area contributed by atoms with Crippen LogP contribution >= 0.6 is 0 Å². The van der Waals surface area contributed by atoms with Crippen molar-refractivity contribution in [2.24, 2.45) is 0 Å². The van der Waals surface area contributed by atoms with Gasteiger partial charge in [-0.1, -0.05) is 0 Å². The fraction of sp³-hybridized carbons (Fsp3) is 0.500. The average molecular weight is 269 g/mol. The Morgan fingerprint density at radius 1 is 1.42 bits per heavy atom. The average Bonchev–Trinajstić information content (AvgIpc) is 2.36. The van der Waals surface area contributed by atoms with E-state index in [1.165, 1.54) is 0 Å². The third-order valence-corrected chi connectivity index (χ3v) is 3.31. The molecule has 0 saturated carbocycles. The third-order valence-electron chi connectivity index (χ3n) is 3.31. The Labute approximate surface area is 111 Å². The summed E-state index contributed by atoms with van der Waals surface area (Å²) in [4.78, 5) is 14.0. The quantitative estimate of drug-likeness (QED) is 0.788. The number of Topliss-reactive ketones (excluding diaryl/α,β-unsaturated/α-hetero) is 1. The lowest BCUT2D eigenvalue weighted by molar-refractivity contribution is -0.0460. The molecule has 0 aliphatic carbocycles. The smallest absolute Gasteiger partial charge is 0.179 e. The molecule has 0 radical (unpaired) electrons. The number of hydrogen-bond donors (Lipinski definition) is 0. The van der Waals surface area contributed by atoms with Crippen LogP contribution in [0.15, 0.2) is 18.2 Å². The van der Waals surface area contributed by atoms with Gasteiger partial charge in [-0.15, -0.1) is 0 Å². The molecule has 2 atom stereocenters. The molecule has 0 amide bonds. The maximum absolute atomic E-state index is 13.5. The minimum atomic E-state index is -0.680. The van der Waals surface area contributed by atoms with Crippen LogP contribution in [0, 0.1) is 11.6 Å². The van der Waals surface area contributed by atoms with Crippen molar-refractivity contribution in [2.45, 2.75) is 26.0 Å². The zero-order valence-corrected chi connectivity index (χ0v) is 11.0. The normalized spacial score (nSPS) is 24.4. The van der Waals surface area contributed by atoms with E-state index in [0.29, 0.717) is 13.2 Å². The molecular formula is C14H17F2NO2. The lowest BCUT2D eigenvalue weighted by Crippen LogP contribution is -2.49. The van der Waals surface area contributed by atoms with Crippen LogP contribution in [-0.4, -0.2) is 42.5 Å². The number of nitrogens with zero attached hydrogens (tertiary/aromatic N) is 1. The van der Waals surface area contributed by atoms with E-state index in [4.69, 9.17) is 4.74 Å². The van der Waals surface area contributed by atoms with Crippen molar-refractivity contribution in [2.75, 3.05) is 19.7 Å². The van der Waals surface area contributed by atoms with Gasteiger partial charge in [-0.05, 0) is 32.0 Å². The summed E-state index contributed by atoms with van der Waals surface area (Å²) in [5, 5.41) is 0. The lowest BCUT2D eigenvalue weighted by atomic mass is 10.1. The fourth-order valence-electron chi connectivity index (χ4n) is 2.17. The molecule has 2 unspecified atom stereocenters. The second kappa shape index (κ2) is 5.75. The highest BCUT2D eigenvalue weighted by Gasteiger charge is 2.26. The number of ether oxygens (including phenoxy) is 1. The van der Waals surface area contributed by atoms with Crippen LogP contribution in [-0.2, 0) is 4.74 Å². The van der Waals surface area contributed by atoms with Crippen molar-refractivity contribution in [3.8, 4) is 0 Å². The molecule has 1 heterocycles. The number of morpholine rings is 1. The van der Waals surface area contributed by atoms with E-state index in [1.807, 2.05) is 18.7 Å². The van der Waals surface area contributed by atoms with Gasteiger partial charge >= 0.3 is 0 Å². The maximum atomic E-state index is 13.5. The molecule has 1 aromatic rings. The molecule has 5 heteroatoms. The molecule has 0 aromatic heterocycles. The molecular weight excluding hydrogens is 252 g/mol. The summed E-state index contributed by atoms with van der Waals surface area (Å²) >= 11 is 0. The summed E-state index contributed by atoms with van der Waals surface area (Å²) in [6.45, 7) is 5.10. The molecule has 3 nitrogen and oxygen atoms in total. The molecule has 1 aromatic carbocycles. The molecule has 0 N–H and O–H groups in total. The first-order valence-corrected chi connectivity index (χ1v) is 6.31. The van der Waals surface area contributed by atoms with Crippen LogP contribution in [0.2, 0.25) is 0 Å². The van der Waals surface area contributed by atoms with Crippen molar-refractivity contribution in [1.29, 1.82) is 0 Å². The van der Waals surface area contributed by atoms with E-state index in [2.05, 4.69) is 0 Å². The van der Waals surface area contributed by atoms with Crippen molar-refractivity contribution in [3.63, 3.8) is 0 Å². The van der Waals surface area contributed by atoms with Gasteiger partial charge in [0.2, 0.25) is 0 Å². The van der Waals surface area contributed by atoms with E-state index in [9.17, 15) is 13.6 Å². The molecule has 1 fully saturated rings. The largest absolute Gasteiger partial charge is 0.376 e. The predicted molar refractivity (Wildman–Crippen MR) is 67.1 cm³/mol. The molecule has 1 aliphatic heterocycles. The number of ketones is 1. The van der Waals surface area contributed by atoms with Gasteiger partial charge in [0.25, 0.3) is 0 Å². The Bertz CT molecular complexity index is 479. The van der Waals surface area contributed by atoms with Crippen LogP contribution in [0.1, 0.15) is 24.2 Å². The Kier molecular flexibility index (Phi) is 4.27. The van der Waals surface area contributed by atoms with Crippen molar-refractivity contribution in [1.82, 2.24) is 4.90 Å². The topological polar surface area (TPSA) is 29.5 Å². The summed E-state index contributed by atoms with van der Waals surface area (Å²) in [5.74, 6) is -1.69. The summed E-state index contributed by atoms with van der Waals surface area (Å²) in [5.41, 5.74) is -0.189. The zero-order valence-electron chi connectivity index (χ0n) is 11.0. The standard InChI is InChI=1S/C14H17F2NO2/c1-9-8-19-10(2)6-17(9)7-14(18)12-5-11(15)3-4-13(12)16/h3-5,9-10H,6-8H2,1-2H3. The second-order valence-corrected chi connectivity index (χ2v) is 4.97. The van der Waals surface area contributed by atoms with Gasteiger partial charge in [-0.3, -0.25) is 9.69 Å². The Morgan fingerprint density at radius 3 is 2.89 bits per heavy atom. The lowest BCUT2D eigenvalue weighted by Gasteiger charge is -2.36. The summed E-state index contributed by atoms with van der Waals surface area (Å²) < 4.78 is 32.1. The van der Waals surface area contributed by atoms with Crippen LogP contribution in [0.3, 0.4) is 0 Å². The number of halogens is 2. The van der Waals surface area contributed by atoms with Gasteiger partial charge in [0, 0.05) is 12.6 Å². The second-order valence-electron chi connectivity index (χ2n) is 4.97. The number of rotatable bonds is 3. The number of hydrogen-bond acceptors (Lipinski definition) is 3. The van der Waals surface area contributed by atoms with Crippen LogP contribution < -0.4 is 0 Å². The van der Waals surface area contributed by atoms with E-state index in [1.54, 1.807) is 0 Å². The molecule has 104 valence electrons. The van der Waals surface area contributed by atoms with Gasteiger partial charge in [-0.25, -0.2) is 8.78 Å². The minimum absolute atomic E-state index is 0.0429. The van der Waals surface area contributed by atoms with E-state index in [0.717, 1.165) is 18.2 Å². The highest BCUT2D eigenvalue weighted by molar-refractivity contribution is 5.97. The van der Waals surface area contributed by atoms with E-state index >= 15 is 0 Å². The van der Waals surface area contributed by atoms with Gasteiger partial charge in [0.05, 0.1) is 24.8 Å². The van der Waals surface area contributed by atoms with Gasteiger partial charge in [0.1, 0.15) is 11.6 Å². The molecule has 1 saturated heterocycles. The maximum Gasteiger partial charge on any atom is 0.179 e. The van der Waals surface area contributed by atoms with E-state index in [-0.39, 0.29) is 24.3 Å². The van der Waals surface area contributed by atoms with E-state index < -0.39 is 17.4 Å². The summed E-state index contributed by atoms with van der Waals surface area (Å²) in [6.07, 6.45) is 0.0429. The first-order chi connectivity index (χ1) is 8.97. The Balaban J connectivity index is 2.10. The zero-order chi connectivity index (χ0) is 14.0. The number of carbonyl (C=O) groups is 1. The molecule has 2 rings (SSSR count). The first-order valence-electron chi connectivity index (χ1n) is 6.31. The van der Waals surface area contributed by atoms with Crippen LogP contribution in [0.4, 0.5) is 8.78 Å². The highest BCUT2D eigenvalue weighted by atomic mass is 19.1. The van der Waals surface area contributed by atoms with Gasteiger partial charge in [0.15, 0.2) is 5.78 Å². The number of carbonyl (C=O) groups excluding carboxylic acids is 1. The van der Waals surface area contributed by atoms with Crippen molar-refractivity contribution < 1.29 is 18.3 Å². The fourth-order valence-corrected chi connectivity index (χ4v) is 2.17. The van der Waals surface area contributed by atoms with Crippen LogP contribution in [0.25, 0.3) is 0 Å². The molecule has 0 spiro atoms. The monoisotopic (exact) mass is 269 g/mol. The Morgan fingerprint density at radius 2 is 2.16 bits per heavy atom. The van der Waals surface area contributed by atoms with Crippen LogP contribution in [0.5, 0.6) is 0 Å². The van der Waals surface area contributed by atoms with Crippen molar-refractivity contribution in [3.05, 3.63) is 35.4 Å². The Hall–Kier alpha value is -1.33. The van der Waals surface area contributed by atoms with Gasteiger partial charge < -0.3 is 4.74 Å². The summed E-state index contributed by atoms with van der Waals surface area (Å²) in [6, 6.07) is 3.03. The SMILES string of the molecule is CC1CN(CC(=O)c2cc(F)ccc2F)C(C)CO1. The summed E-state index contributed by atoms with van der Waals surface area (Å²) in [7, 11) is 0. The molecule has 19 heavy (non-hydrogen) atoms. The molecule has 1 aliphatic rings. The first kappa shape index (κ1) is 14.1. The third kappa shape index (κ3) is 3.36. The minimum Gasteiger partial charge on any atom is -0.376 e. The highest BCUT2D eigenvalue weighted by Crippen LogP contribution is 2.15.